The summed E-state index contributed by atoms with van der Waals surface area (Å²) < 4.78 is 19.0. The molecule has 0 bridgehead atoms. The fourth-order valence-electron chi connectivity index (χ4n) is 2.77. The summed E-state index contributed by atoms with van der Waals surface area (Å²) in [6.45, 7) is 2.76. The monoisotopic (exact) mass is 393 g/mol. The van der Waals surface area contributed by atoms with E-state index in [0.29, 0.717) is 23.6 Å². The number of halogens is 1. The molecule has 0 aliphatic carbocycles. The number of ether oxygens (including phenoxy) is 1. The first-order valence-corrected chi connectivity index (χ1v) is 9.90. The molecule has 0 saturated heterocycles. The fraction of sp³-hybridized carbons (Fsp3) is 0.421. The molecule has 0 fully saturated rings. The molecule has 6 nitrogen and oxygen atoms in total. The average Bonchev–Trinajstić information content (AvgIpc) is 2.70. The van der Waals surface area contributed by atoms with Crippen molar-refractivity contribution in [1.82, 2.24) is 9.55 Å². The molecule has 1 unspecified atom stereocenters. The molecule has 0 radical (unpaired) electrons. The van der Waals surface area contributed by atoms with Gasteiger partial charge in [-0.25, -0.2) is 9.37 Å². The first-order chi connectivity index (χ1) is 13.0. The van der Waals surface area contributed by atoms with Crippen molar-refractivity contribution in [2.24, 2.45) is 0 Å². The van der Waals surface area contributed by atoms with Crippen LogP contribution in [0.3, 0.4) is 0 Å². The highest BCUT2D eigenvalue weighted by molar-refractivity contribution is 7.98. The SMILES string of the molecule is CCOC.CSc1nc2c(c(=O)n1CC=O)NC(c1ccc(F)cc1)CC2. The predicted molar refractivity (Wildman–Crippen MR) is 105 cm³/mol. The van der Waals surface area contributed by atoms with Crippen molar-refractivity contribution in [2.75, 3.05) is 25.3 Å². The molecule has 2 heterocycles. The number of carbonyl (C=O) groups is 1. The zero-order valence-corrected chi connectivity index (χ0v) is 16.5. The second kappa shape index (κ2) is 10.2. The second-order valence-electron chi connectivity index (χ2n) is 5.87. The van der Waals surface area contributed by atoms with Crippen molar-refractivity contribution in [3.05, 3.63) is 51.7 Å². The third-order valence-corrected chi connectivity index (χ3v) is 4.88. The van der Waals surface area contributed by atoms with Gasteiger partial charge in [0.15, 0.2) is 5.16 Å². The summed E-state index contributed by atoms with van der Waals surface area (Å²) in [5, 5.41) is 3.75. The predicted octanol–water partition coefficient (Wildman–Crippen LogP) is 3.06. The number of methoxy groups -OCH3 is 1. The summed E-state index contributed by atoms with van der Waals surface area (Å²) in [5.74, 6) is -0.287. The molecule has 8 heteroatoms. The maximum absolute atomic E-state index is 13.1. The molecule has 0 spiro atoms. The van der Waals surface area contributed by atoms with E-state index in [1.165, 1.54) is 28.5 Å². The average molecular weight is 393 g/mol. The van der Waals surface area contributed by atoms with Gasteiger partial charge in [-0.15, -0.1) is 0 Å². The number of aldehydes is 1. The van der Waals surface area contributed by atoms with Gasteiger partial charge in [0.1, 0.15) is 17.8 Å². The summed E-state index contributed by atoms with van der Waals surface area (Å²) in [6, 6.07) is 6.18. The van der Waals surface area contributed by atoms with Crippen LogP contribution in [0.25, 0.3) is 0 Å². The molecule has 1 aromatic heterocycles. The number of nitrogens with zero attached hydrogens (tertiary/aromatic N) is 2. The summed E-state index contributed by atoms with van der Waals surface area (Å²) in [5.41, 5.74) is 1.84. The van der Waals surface area contributed by atoms with Crippen LogP contribution in [0.15, 0.2) is 34.2 Å². The zero-order chi connectivity index (χ0) is 19.8. The molecule has 3 rings (SSSR count). The molecular formula is C19H24FN3O3S. The molecule has 1 aliphatic heterocycles. The number of hydrogen-bond acceptors (Lipinski definition) is 6. The first kappa shape index (κ1) is 21.1. The Morgan fingerprint density at radius 1 is 1.41 bits per heavy atom. The summed E-state index contributed by atoms with van der Waals surface area (Å²) in [4.78, 5) is 28.0. The van der Waals surface area contributed by atoms with E-state index in [2.05, 4.69) is 15.0 Å². The van der Waals surface area contributed by atoms with Crippen LogP contribution >= 0.6 is 11.8 Å². The molecule has 146 valence electrons. The van der Waals surface area contributed by atoms with Gasteiger partial charge in [-0.2, -0.15) is 0 Å². The van der Waals surface area contributed by atoms with Crippen molar-refractivity contribution in [3.63, 3.8) is 0 Å². The number of anilines is 1. The van der Waals surface area contributed by atoms with Gasteiger partial charge < -0.3 is 14.8 Å². The summed E-state index contributed by atoms with van der Waals surface area (Å²) in [6.07, 6.45) is 3.95. The van der Waals surface area contributed by atoms with Crippen molar-refractivity contribution < 1.29 is 13.9 Å². The lowest BCUT2D eigenvalue weighted by Crippen LogP contribution is -2.32. The first-order valence-electron chi connectivity index (χ1n) is 8.67. The van der Waals surface area contributed by atoms with Gasteiger partial charge >= 0.3 is 0 Å². The van der Waals surface area contributed by atoms with Gasteiger partial charge in [0.05, 0.1) is 18.3 Å². The summed E-state index contributed by atoms with van der Waals surface area (Å²) >= 11 is 1.34. The van der Waals surface area contributed by atoms with Crippen LogP contribution in [0, 0.1) is 5.82 Å². The Kier molecular flexibility index (Phi) is 7.99. The highest BCUT2D eigenvalue weighted by Crippen LogP contribution is 2.30. The maximum atomic E-state index is 13.1. The lowest BCUT2D eigenvalue weighted by Gasteiger charge is -2.27. The van der Waals surface area contributed by atoms with Gasteiger partial charge in [0.25, 0.3) is 5.56 Å². The molecule has 0 amide bonds. The minimum atomic E-state index is -0.287. The lowest BCUT2D eigenvalue weighted by molar-refractivity contribution is -0.108. The zero-order valence-electron chi connectivity index (χ0n) is 15.7. The van der Waals surface area contributed by atoms with Crippen molar-refractivity contribution >= 4 is 23.7 Å². The van der Waals surface area contributed by atoms with Gasteiger partial charge in [0.2, 0.25) is 0 Å². The van der Waals surface area contributed by atoms with Crippen LogP contribution in [-0.4, -0.2) is 35.8 Å². The number of aryl methyl sites for hydroxylation is 1. The molecule has 1 N–H and O–H groups in total. The lowest BCUT2D eigenvalue weighted by atomic mass is 9.96. The molecule has 1 aromatic carbocycles. The van der Waals surface area contributed by atoms with Crippen LogP contribution in [-0.2, 0) is 22.5 Å². The number of fused-ring (bicyclic) bond motifs is 1. The quantitative estimate of drug-likeness (QED) is 0.478. The standard InChI is InChI=1S/C16H16FN3O2S.C3H8O/c1-23-16-19-13-7-6-12(10-2-4-11(17)5-3-10)18-14(13)15(22)20(16)8-9-21;1-3-4-2/h2-5,9,12,18H,6-8H2,1H3;3H2,1-2H3. The van der Waals surface area contributed by atoms with E-state index in [-0.39, 0.29) is 24.0 Å². The minimum absolute atomic E-state index is 0.0157. The highest BCUT2D eigenvalue weighted by Gasteiger charge is 2.25. The van der Waals surface area contributed by atoms with Crippen LogP contribution in [0.1, 0.15) is 30.6 Å². The fourth-order valence-corrected chi connectivity index (χ4v) is 3.35. The maximum Gasteiger partial charge on any atom is 0.278 e. The van der Waals surface area contributed by atoms with E-state index in [1.54, 1.807) is 19.2 Å². The van der Waals surface area contributed by atoms with Crippen molar-refractivity contribution in [2.45, 2.75) is 37.5 Å². The Bertz CT molecular complexity index is 822. The van der Waals surface area contributed by atoms with Gasteiger partial charge in [-0.3, -0.25) is 9.36 Å². The molecular weight excluding hydrogens is 369 g/mol. The number of benzene rings is 1. The van der Waals surface area contributed by atoms with Crippen molar-refractivity contribution in [3.8, 4) is 0 Å². The Morgan fingerprint density at radius 3 is 2.63 bits per heavy atom. The minimum Gasteiger partial charge on any atom is -0.385 e. The Morgan fingerprint density at radius 2 is 2.07 bits per heavy atom. The number of nitrogens with one attached hydrogen (secondary N) is 1. The summed E-state index contributed by atoms with van der Waals surface area (Å²) in [7, 11) is 1.68. The normalized spacial score (nSPS) is 15.2. The molecule has 0 saturated carbocycles. The third kappa shape index (κ3) is 5.17. The van der Waals surface area contributed by atoms with E-state index in [9.17, 15) is 14.0 Å². The smallest absolute Gasteiger partial charge is 0.278 e. The van der Waals surface area contributed by atoms with Crippen LogP contribution in [0.4, 0.5) is 10.1 Å². The number of thioether (sulfide) groups is 1. The highest BCUT2D eigenvalue weighted by atomic mass is 32.2. The van der Waals surface area contributed by atoms with E-state index in [0.717, 1.165) is 24.3 Å². The number of rotatable bonds is 5. The second-order valence-corrected chi connectivity index (χ2v) is 6.64. The van der Waals surface area contributed by atoms with Gasteiger partial charge in [-0.1, -0.05) is 23.9 Å². The third-order valence-electron chi connectivity index (χ3n) is 4.20. The molecule has 1 aliphatic rings. The number of hydrogen-bond donors (Lipinski definition) is 1. The van der Waals surface area contributed by atoms with Crippen molar-refractivity contribution in [1.29, 1.82) is 0 Å². The van der Waals surface area contributed by atoms with E-state index in [4.69, 9.17) is 0 Å². The Labute approximate surface area is 162 Å². The van der Waals surface area contributed by atoms with Gasteiger partial charge in [-0.05, 0) is 43.7 Å². The number of carbonyl (C=O) groups excluding carboxylic acids is 1. The molecule has 2 aromatic rings. The Balaban J connectivity index is 0.000000596. The van der Waals surface area contributed by atoms with Gasteiger partial charge in [0, 0.05) is 13.7 Å². The Hall–Kier alpha value is -2.19. The van der Waals surface area contributed by atoms with Crippen LogP contribution in [0.2, 0.25) is 0 Å². The van der Waals surface area contributed by atoms with Crippen LogP contribution in [0.5, 0.6) is 0 Å². The van der Waals surface area contributed by atoms with E-state index in [1.807, 2.05) is 13.2 Å². The van der Waals surface area contributed by atoms with Crippen LogP contribution < -0.4 is 10.9 Å². The molecule has 1 atom stereocenters. The van der Waals surface area contributed by atoms with E-state index >= 15 is 0 Å². The number of aromatic nitrogens is 2. The molecule has 27 heavy (non-hydrogen) atoms. The topological polar surface area (TPSA) is 73.2 Å². The largest absolute Gasteiger partial charge is 0.385 e. The van der Waals surface area contributed by atoms with E-state index < -0.39 is 0 Å².